The second kappa shape index (κ2) is 15.1. The Balaban J connectivity index is 0.000000270. The van der Waals surface area contributed by atoms with E-state index in [1.165, 1.54) is 16.9 Å². The van der Waals surface area contributed by atoms with Crippen LogP contribution < -0.4 is 11.1 Å². The van der Waals surface area contributed by atoms with E-state index in [4.69, 9.17) is 5.73 Å². The van der Waals surface area contributed by atoms with Gasteiger partial charge in [-0.1, -0.05) is 48.9 Å². The molecule has 0 radical (unpaired) electrons. The molecule has 3 N–H and O–H groups in total. The quantitative estimate of drug-likeness (QED) is 0.315. The van der Waals surface area contributed by atoms with Gasteiger partial charge in [-0.05, 0) is 56.3 Å². The summed E-state index contributed by atoms with van der Waals surface area (Å²) in [5.74, 6) is 0.182. The second-order valence-corrected chi connectivity index (χ2v) is 10.0. The Morgan fingerprint density at radius 3 is 2.61 bits per heavy atom. The van der Waals surface area contributed by atoms with Gasteiger partial charge in [-0.2, -0.15) is 0 Å². The number of likely N-dealkylation sites (tertiary alicyclic amines) is 1. The van der Waals surface area contributed by atoms with Crippen molar-refractivity contribution in [1.29, 1.82) is 0 Å². The van der Waals surface area contributed by atoms with Gasteiger partial charge in [0, 0.05) is 26.1 Å². The fraction of sp³-hybridized carbons (Fsp3) is 0.429. The van der Waals surface area contributed by atoms with Gasteiger partial charge in [-0.15, -0.1) is 11.3 Å². The van der Waals surface area contributed by atoms with Gasteiger partial charge in [0.1, 0.15) is 0 Å². The molecule has 3 aromatic rings. The first-order valence-corrected chi connectivity index (χ1v) is 13.5. The normalized spacial score (nSPS) is 15.1. The highest BCUT2D eigenvalue weighted by Gasteiger charge is 2.27. The lowest BCUT2D eigenvalue weighted by molar-refractivity contribution is -0.135. The Kier molecular flexibility index (Phi) is 11.5. The number of aromatic nitrogens is 1. The number of fused-ring (bicyclic) bond motifs is 1. The van der Waals surface area contributed by atoms with Gasteiger partial charge in [0.05, 0.1) is 16.1 Å². The summed E-state index contributed by atoms with van der Waals surface area (Å²) in [6, 6.07) is 17.8. The van der Waals surface area contributed by atoms with Gasteiger partial charge in [-0.25, -0.2) is 4.98 Å². The Morgan fingerprint density at radius 1 is 1.08 bits per heavy atom. The molecular weight excluding hydrogens is 472 g/mol. The number of carbonyl (C=O) groups excluding carboxylic acids is 3. The molecule has 4 rings (SSSR count). The smallest absolute Gasteiger partial charge is 0.224 e. The number of amides is 2. The molecule has 2 heterocycles. The third kappa shape index (κ3) is 8.84. The van der Waals surface area contributed by atoms with Crippen LogP contribution in [0.25, 0.3) is 10.2 Å². The Labute approximate surface area is 217 Å². The minimum Gasteiger partial charge on any atom is -0.356 e. The van der Waals surface area contributed by atoms with Crippen LogP contribution >= 0.6 is 11.3 Å². The first-order valence-electron chi connectivity index (χ1n) is 12.7. The zero-order valence-electron chi connectivity index (χ0n) is 20.7. The van der Waals surface area contributed by atoms with Gasteiger partial charge in [0.25, 0.3) is 0 Å². The molecule has 0 saturated carbocycles. The number of aryl methyl sites for hydroxylation is 1. The maximum Gasteiger partial charge on any atom is 0.224 e. The Morgan fingerprint density at radius 2 is 1.86 bits per heavy atom. The summed E-state index contributed by atoms with van der Waals surface area (Å²) in [6.07, 6.45) is 6.85. The van der Waals surface area contributed by atoms with Crippen LogP contribution in [0.5, 0.6) is 0 Å². The van der Waals surface area contributed by atoms with E-state index < -0.39 is 0 Å². The van der Waals surface area contributed by atoms with E-state index in [-0.39, 0.29) is 17.7 Å². The van der Waals surface area contributed by atoms with E-state index in [0.29, 0.717) is 31.1 Å². The molecule has 0 bridgehead atoms. The highest BCUT2D eigenvalue weighted by Crippen LogP contribution is 2.20. The van der Waals surface area contributed by atoms with Crippen LogP contribution in [0.2, 0.25) is 0 Å². The van der Waals surface area contributed by atoms with Crippen molar-refractivity contribution in [3.8, 4) is 0 Å². The molecule has 1 fully saturated rings. The molecule has 0 spiro atoms. The van der Waals surface area contributed by atoms with Crippen molar-refractivity contribution in [3.05, 3.63) is 65.2 Å². The summed E-state index contributed by atoms with van der Waals surface area (Å²) >= 11 is 1.42. The monoisotopic (exact) mass is 508 g/mol. The Hall–Kier alpha value is -3.10. The molecule has 0 unspecified atom stereocenters. The van der Waals surface area contributed by atoms with Crippen LogP contribution in [-0.4, -0.2) is 54.2 Å². The van der Waals surface area contributed by atoms with Crippen LogP contribution in [-0.2, 0) is 16.0 Å². The number of thiazole rings is 1. The molecule has 0 aliphatic carbocycles. The van der Waals surface area contributed by atoms with Crippen molar-refractivity contribution in [3.63, 3.8) is 0 Å². The van der Waals surface area contributed by atoms with Gasteiger partial charge in [0.2, 0.25) is 11.8 Å². The summed E-state index contributed by atoms with van der Waals surface area (Å²) in [5.41, 5.74) is 7.55. The number of hydrogen-bond acceptors (Lipinski definition) is 6. The molecular formula is C28H36N4O3S. The molecule has 2 amide bonds. The van der Waals surface area contributed by atoms with Crippen molar-refractivity contribution in [2.45, 2.75) is 44.9 Å². The SMILES string of the molecule is NCCCCCNC(=O)[C@H]1CCCN(C(=O)CCc2ccccc2)C1.O=Cc1nc2ccccc2s1. The number of nitrogens with zero attached hydrogens (tertiary/aromatic N) is 2. The molecule has 7 nitrogen and oxygen atoms in total. The predicted molar refractivity (Wildman–Crippen MR) is 145 cm³/mol. The minimum atomic E-state index is -0.0658. The number of unbranched alkanes of at least 4 members (excludes halogenated alkanes) is 2. The number of carbonyl (C=O) groups is 3. The lowest BCUT2D eigenvalue weighted by Gasteiger charge is -2.32. The van der Waals surface area contributed by atoms with E-state index in [2.05, 4.69) is 10.3 Å². The highest BCUT2D eigenvalue weighted by atomic mass is 32.1. The van der Waals surface area contributed by atoms with Gasteiger partial charge in [0.15, 0.2) is 11.3 Å². The Bertz CT molecular complexity index is 1070. The predicted octanol–water partition coefficient (Wildman–Crippen LogP) is 4.21. The lowest BCUT2D eigenvalue weighted by atomic mass is 9.96. The van der Waals surface area contributed by atoms with Crippen LogP contribution in [0.15, 0.2) is 54.6 Å². The third-order valence-electron chi connectivity index (χ3n) is 6.21. The molecule has 1 aliphatic rings. The van der Waals surface area contributed by atoms with Crippen LogP contribution in [0.4, 0.5) is 0 Å². The lowest BCUT2D eigenvalue weighted by Crippen LogP contribution is -2.45. The largest absolute Gasteiger partial charge is 0.356 e. The van der Waals surface area contributed by atoms with Gasteiger partial charge >= 0.3 is 0 Å². The standard InChI is InChI=1S/C20H31N3O2.C8H5NOS/c21-13-5-2-6-14-22-20(25)18-10-7-15-23(16-18)19(24)12-11-17-8-3-1-4-9-17;10-5-8-9-6-3-1-2-4-7(6)11-8/h1,3-4,8-9,18H,2,5-7,10-16,21H2,(H,22,25);1-5H/t18-;/m0./s1. The zero-order valence-corrected chi connectivity index (χ0v) is 21.6. The topological polar surface area (TPSA) is 105 Å². The number of nitrogens with two attached hydrogens (primary N) is 1. The van der Waals surface area contributed by atoms with Crippen molar-refractivity contribution in [2.75, 3.05) is 26.2 Å². The molecule has 8 heteroatoms. The summed E-state index contributed by atoms with van der Waals surface area (Å²) in [5, 5.41) is 3.56. The van der Waals surface area contributed by atoms with Gasteiger partial charge < -0.3 is 16.0 Å². The minimum absolute atomic E-state index is 0.0658. The fourth-order valence-corrected chi connectivity index (χ4v) is 5.00. The number of rotatable bonds is 10. The highest BCUT2D eigenvalue weighted by molar-refractivity contribution is 7.19. The van der Waals surface area contributed by atoms with Crippen molar-refractivity contribution < 1.29 is 14.4 Å². The summed E-state index contributed by atoms with van der Waals surface area (Å²) in [6.45, 7) is 2.74. The number of piperidine rings is 1. The average molecular weight is 509 g/mol. The fourth-order valence-electron chi connectivity index (χ4n) is 4.21. The maximum absolute atomic E-state index is 12.5. The van der Waals surface area contributed by atoms with Crippen LogP contribution in [0, 0.1) is 5.92 Å². The number of nitrogens with one attached hydrogen (secondary N) is 1. The summed E-state index contributed by atoms with van der Waals surface area (Å²) in [7, 11) is 0. The van der Waals surface area contributed by atoms with E-state index >= 15 is 0 Å². The first kappa shape index (κ1) is 27.5. The van der Waals surface area contributed by atoms with E-state index in [9.17, 15) is 14.4 Å². The molecule has 36 heavy (non-hydrogen) atoms. The number of para-hydroxylation sites is 1. The number of hydrogen-bond donors (Lipinski definition) is 2. The van der Waals surface area contributed by atoms with E-state index in [0.717, 1.165) is 61.6 Å². The van der Waals surface area contributed by atoms with Crippen LogP contribution in [0.3, 0.4) is 0 Å². The molecule has 2 aromatic carbocycles. The average Bonchev–Trinajstić information content (AvgIpc) is 3.36. The van der Waals surface area contributed by atoms with Crippen molar-refractivity contribution in [2.24, 2.45) is 11.7 Å². The molecule has 1 aromatic heterocycles. The third-order valence-corrected chi connectivity index (χ3v) is 7.17. The molecule has 192 valence electrons. The molecule has 1 saturated heterocycles. The second-order valence-electron chi connectivity index (χ2n) is 8.94. The van der Waals surface area contributed by atoms with Crippen molar-refractivity contribution >= 4 is 39.7 Å². The van der Waals surface area contributed by atoms with Gasteiger partial charge in [-0.3, -0.25) is 14.4 Å². The van der Waals surface area contributed by atoms with Crippen LogP contribution in [0.1, 0.15) is 53.9 Å². The number of benzene rings is 2. The van der Waals surface area contributed by atoms with E-state index in [1.54, 1.807) is 0 Å². The van der Waals surface area contributed by atoms with Crippen molar-refractivity contribution in [1.82, 2.24) is 15.2 Å². The molecule has 1 atom stereocenters. The summed E-state index contributed by atoms with van der Waals surface area (Å²) < 4.78 is 1.06. The first-order chi connectivity index (χ1) is 17.6. The summed E-state index contributed by atoms with van der Waals surface area (Å²) in [4.78, 5) is 41.0. The number of aldehydes is 1. The maximum atomic E-state index is 12.5. The zero-order chi connectivity index (χ0) is 25.6. The van der Waals surface area contributed by atoms with E-state index in [1.807, 2.05) is 59.5 Å². The molecule has 1 aliphatic heterocycles.